The fourth-order valence-electron chi connectivity index (χ4n) is 2.62. The van der Waals surface area contributed by atoms with E-state index in [1.54, 1.807) is 0 Å². The molecule has 0 saturated carbocycles. The van der Waals surface area contributed by atoms with Crippen molar-refractivity contribution in [1.29, 1.82) is 0 Å². The highest BCUT2D eigenvalue weighted by Crippen LogP contribution is 2.39. The molecule has 0 saturated heterocycles. The number of alkyl halides is 1. The Morgan fingerprint density at radius 3 is 2.00 bits per heavy atom. The van der Waals surface area contributed by atoms with Gasteiger partial charge in [0.05, 0.1) is 0 Å². The normalized spacial score (nSPS) is 14.6. The molecule has 2 atom stereocenters. The van der Waals surface area contributed by atoms with Crippen molar-refractivity contribution in [1.82, 2.24) is 0 Å². The van der Waals surface area contributed by atoms with Crippen LogP contribution in [0, 0.1) is 33.6 Å². The van der Waals surface area contributed by atoms with Gasteiger partial charge < -0.3 is 0 Å². The van der Waals surface area contributed by atoms with Gasteiger partial charge in [-0.15, -0.1) is 0 Å². The van der Waals surface area contributed by atoms with E-state index in [9.17, 15) is 0 Å². The van der Waals surface area contributed by atoms with E-state index in [0.29, 0.717) is 10.7 Å². The molecule has 0 spiro atoms. The van der Waals surface area contributed by atoms with E-state index in [4.69, 9.17) is 0 Å². The largest absolute Gasteiger partial charge is 0.0836 e. The van der Waals surface area contributed by atoms with Crippen molar-refractivity contribution in [2.75, 3.05) is 0 Å². The lowest BCUT2D eigenvalue weighted by Crippen LogP contribution is -2.09. The van der Waals surface area contributed by atoms with Crippen LogP contribution in [0.4, 0.5) is 0 Å². The maximum Gasteiger partial charge on any atom is 0.0426 e. The molecule has 0 aliphatic rings. The molecule has 2 unspecified atom stereocenters. The number of halogens is 1. The number of unbranched alkanes of at least 4 members (excludes halogenated alkanes) is 1. The molecule has 102 valence electrons. The van der Waals surface area contributed by atoms with Crippen LogP contribution in [0.5, 0.6) is 0 Å². The van der Waals surface area contributed by atoms with Crippen LogP contribution in [0.1, 0.15) is 65.8 Å². The minimum Gasteiger partial charge on any atom is -0.0836 e. The lowest BCUT2D eigenvalue weighted by Gasteiger charge is -2.24. The van der Waals surface area contributed by atoms with Gasteiger partial charge in [0, 0.05) is 4.83 Å². The molecule has 1 aromatic rings. The second kappa shape index (κ2) is 6.75. The molecule has 0 amide bonds. The van der Waals surface area contributed by atoms with E-state index in [1.165, 1.54) is 47.1 Å². The summed E-state index contributed by atoms with van der Waals surface area (Å²) in [5.74, 6) is 0.698. The van der Waals surface area contributed by atoms with Crippen molar-refractivity contribution in [2.45, 2.75) is 65.6 Å². The van der Waals surface area contributed by atoms with Crippen LogP contribution in [0.3, 0.4) is 0 Å². The van der Waals surface area contributed by atoms with Crippen LogP contribution in [-0.2, 0) is 0 Å². The Morgan fingerprint density at radius 2 is 1.56 bits per heavy atom. The standard InChI is InChI=1S/C17H27Br/c1-7-8-9-11(2)17(18)16-14(5)12(3)10-13(4)15(16)6/h10-11,17H,7-9H2,1-6H3. The summed E-state index contributed by atoms with van der Waals surface area (Å²) in [6, 6.07) is 2.31. The van der Waals surface area contributed by atoms with E-state index < -0.39 is 0 Å². The fourth-order valence-corrected chi connectivity index (χ4v) is 3.57. The number of benzene rings is 1. The van der Waals surface area contributed by atoms with Gasteiger partial charge in [-0.05, 0) is 67.9 Å². The van der Waals surface area contributed by atoms with Crippen molar-refractivity contribution in [3.8, 4) is 0 Å². The van der Waals surface area contributed by atoms with Crippen LogP contribution >= 0.6 is 15.9 Å². The predicted octanol–water partition coefficient (Wildman–Crippen LogP) is 6.18. The molecule has 0 N–H and O–H groups in total. The Morgan fingerprint density at radius 1 is 1.06 bits per heavy atom. The molecule has 18 heavy (non-hydrogen) atoms. The van der Waals surface area contributed by atoms with Crippen molar-refractivity contribution in [3.05, 3.63) is 33.9 Å². The quantitative estimate of drug-likeness (QED) is 0.569. The SMILES string of the molecule is CCCCC(C)C(Br)c1c(C)c(C)cc(C)c1C. The zero-order valence-corrected chi connectivity index (χ0v) is 14.3. The third-order valence-corrected chi connectivity index (χ3v) is 5.57. The first-order chi connectivity index (χ1) is 8.40. The zero-order valence-electron chi connectivity index (χ0n) is 12.7. The van der Waals surface area contributed by atoms with Gasteiger partial charge >= 0.3 is 0 Å². The van der Waals surface area contributed by atoms with Gasteiger partial charge in [0.25, 0.3) is 0 Å². The minimum atomic E-state index is 0.489. The molecule has 0 bridgehead atoms. The lowest BCUT2D eigenvalue weighted by molar-refractivity contribution is 0.498. The Labute approximate surface area is 121 Å². The third kappa shape index (κ3) is 3.38. The average molecular weight is 311 g/mol. The van der Waals surface area contributed by atoms with Gasteiger partial charge in [-0.25, -0.2) is 0 Å². The second-order valence-corrected chi connectivity index (χ2v) is 6.68. The van der Waals surface area contributed by atoms with Gasteiger partial charge in [-0.1, -0.05) is 48.7 Å². The Kier molecular flexibility index (Phi) is 5.91. The summed E-state index contributed by atoms with van der Waals surface area (Å²) >= 11 is 3.95. The van der Waals surface area contributed by atoms with E-state index in [1.807, 2.05) is 0 Å². The van der Waals surface area contributed by atoms with E-state index in [2.05, 4.69) is 63.5 Å². The van der Waals surface area contributed by atoms with Crippen LogP contribution in [0.25, 0.3) is 0 Å². The van der Waals surface area contributed by atoms with Gasteiger partial charge in [0.15, 0.2) is 0 Å². The molecule has 0 aliphatic heterocycles. The van der Waals surface area contributed by atoms with Crippen molar-refractivity contribution >= 4 is 15.9 Å². The van der Waals surface area contributed by atoms with Crippen molar-refractivity contribution in [3.63, 3.8) is 0 Å². The molecular weight excluding hydrogens is 284 g/mol. The van der Waals surface area contributed by atoms with Crippen molar-refractivity contribution < 1.29 is 0 Å². The Hall–Kier alpha value is -0.300. The number of hydrogen-bond acceptors (Lipinski definition) is 0. The summed E-state index contributed by atoms with van der Waals surface area (Å²) in [6.45, 7) is 13.6. The highest BCUT2D eigenvalue weighted by atomic mass is 79.9. The average Bonchev–Trinajstić information content (AvgIpc) is 2.33. The van der Waals surface area contributed by atoms with Crippen molar-refractivity contribution in [2.24, 2.45) is 5.92 Å². The van der Waals surface area contributed by atoms with E-state index >= 15 is 0 Å². The first-order valence-electron chi connectivity index (χ1n) is 7.11. The molecule has 1 heteroatoms. The summed E-state index contributed by atoms with van der Waals surface area (Å²) < 4.78 is 0. The van der Waals surface area contributed by atoms with Gasteiger partial charge in [0.2, 0.25) is 0 Å². The first-order valence-corrected chi connectivity index (χ1v) is 8.03. The Bertz CT molecular complexity index is 380. The Balaban J connectivity index is 3.08. The summed E-state index contributed by atoms with van der Waals surface area (Å²) in [5, 5.41) is 0. The maximum absolute atomic E-state index is 3.95. The minimum absolute atomic E-state index is 0.489. The topological polar surface area (TPSA) is 0 Å². The molecule has 0 aromatic heterocycles. The molecule has 0 aliphatic carbocycles. The smallest absolute Gasteiger partial charge is 0.0426 e. The summed E-state index contributed by atoms with van der Waals surface area (Å²) in [6.07, 6.45) is 3.92. The van der Waals surface area contributed by atoms with E-state index in [-0.39, 0.29) is 0 Å². The summed E-state index contributed by atoms with van der Waals surface area (Å²) in [5.41, 5.74) is 7.28. The predicted molar refractivity (Wildman–Crippen MR) is 85.7 cm³/mol. The molecular formula is C17H27Br. The maximum atomic E-state index is 3.95. The van der Waals surface area contributed by atoms with Crippen LogP contribution in [0.2, 0.25) is 0 Å². The van der Waals surface area contributed by atoms with Gasteiger partial charge in [-0.2, -0.15) is 0 Å². The van der Waals surface area contributed by atoms with Crippen LogP contribution in [0.15, 0.2) is 6.07 Å². The number of aryl methyl sites for hydroxylation is 2. The summed E-state index contributed by atoms with van der Waals surface area (Å²) in [7, 11) is 0. The number of hydrogen-bond donors (Lipinski definition) is 0. The van der Waals surface area contributed by atoms with Crippen LogP contribution < -0.4 is 0 Å². The van der Waals surface area contributed by atoms with E-state index in [0.717, 1.165) is 0 Å². The zero-order chi connectivity index (χ0) is 13.9. The molecule has 0 heterocycles. The fraction of sp³-hybridized carbons (Fsp3) is 0.647. The molecule has 0 fully saturated rings. The highest BCUT2D eigenvalue weighted by molar-refractivity contribution is 9.09. The molecule has 0 nitrogen and oxygen atoms in total. The first kappa shape index (κ1) is 15.8. The van der Waals surface area contributed by atoms with Gasteiger partial charge in [0.1, 0.15) is 0 Å². The molecule has 1 rings (SSSR count). The van der Waals surface area contributed by atoms with Crippen LogP contribution in [-0.4, -0.2) is 0 Å². The second-order valence-electron chi connectivity index (χ2n) is 5.70. The monoisotopic (exact) mass is 310 g/mol. The molecule has 0 radical (unpaired) electrons. The molecule has 1 aromatic carbocycles. The number of rotatable bonds is 5. The lowest BCUT2D eigenvalue weighted by atomic mass is 9.87. The summed E-state index contributed by atoms with van der Waals surface area (Å²) in [4.78, 5) is 0.489. The highest BCUT2D eigenvalue weighted by Gasteiger charge is 2.21. The van der Waals surface area contributed by atoms with Gasteiger partial charge in [-0.3, -0.25) is 0 Å². The third-order valence-electron chi connectivity index (χ3n) is 4.21.